The second kappa shape index (κ2) is 5.49. The maximum absolute atomic E-state index is 4.43. The van der Waals surface area contributed by atoms with Crippen molar-refractivity contribution in [3.8, 4) is 0 Å². The molecule has 0 amide bonds. The molecule has 0 atom stereocenters. The number of fused-ring (bicyclic) bond motifs is 1. The summed E-state index contributed by atoms with van der Waals surface area (Å²) in [4.78, 5) is 4.43. The Balaban J connectivity index is 1.74. The largest absolute Gasteiger partial charge is 0.317 e. The lowest BCUT2D eigenvalue weighted by Crippen LogP contribution is -2.27. The van der Waals surface area contributed by atoms with Crippen molar-refractivity contribution in [2.24, 2.45) is 5.92 Å². The number of hydrogen-bond donors (Lipinski definition) is 1. The number of rotatable bonds is 3. The number of nitrogens with zero attached hydrogens (tertiary/aromatic N) is 1. The van der Waals surface area contributed by atoms with Crippen molar-refractivity contribution in [1.82, 2.24) is 10.3 Å². The van der Waals surface area contributed by atoms with Crippen molar-refractivity contribution >= 4 is 10.9 Å². The lowest BCUT2D eigenvalue weighted by Gasteiger charge is -2.22. The highest BCUT2D eigenvalue weighted by Crippen LogP contribution is 2.22. The van der Waals surface area contributed by atoms with Crippen molar-refractivity contribution in [3.63, 3.8) is 0 Å². The highest BCUT2D eigenvalue weighted by atomic mass is 14.9. The predicted molar refractivity (Wildman–Crippen MR) is 75.7 cm³/mol. The third kappa shape index (κ3) is 2.54. The van der Waals surface area contributed by atoms with Crippen LogP contribution in [0.4, 0.5) is 0 Å². The summed E-state index contributed by atoms with van der Waals surface area (Å²) in [5, 5.41) is 4.76. The van der Waals surface area contributed by atoms with E-state index in [0.717, 1.165) is 11.4 Å². The molecule has 1 aromatic carbocycles. The van der Waals surface area contributed by atoms with Gasteiger partial charge in [0.2, 0.25) is 0 Å². The molecule has 2 heteroatoms. The highest BCUT2D eigenvalue weighted by Gasteiger charge is 2.13. The van der Waals surface area contributed by atoms with E-state index in [-0.39, 0.29) is 0 Å². The molecule has 94 valence electrons. The van der Waals surface area contributed by atoms with Gasteiger partial charge in [-0.05, 0) is 62.4 Å². The van der Waals surface area contributed by atoms with Crippen LogP contribution in [0.25, 0.3) is 10.9 Å². The van der Waals surface area contributed by atoms with Gasteiger partial charge in [-0.1, -0.05) is 18.2 Å². The maximum atomic E-state index is 4.43. The van der Waals surface area contributed by atoms with Crippen LogP contribution >= 0.6 is 0 Å². The smallest absolute Gasteiger partial charge is 0.0704 e. The fourth-order valence-corrected chi connectivity index (χ4v) is 2.90. The standard InChI is InChI=1S/C16H20N2/c1-2-4-16-15(3-1)14(9-12-18-16)6-5-13-7-10-17-11-8-13/h1-4,9,12-13,17H,5-8,10-11H2. The molecule has 0 bridgehead atoms. The molecule has 2 heterocycles. The molecule has 2 nitrogen and oxygen atoms in total. The van der Waals surface area contributed by atoms with Crippen LogP contribution in [-0.4, -0.2) is 18.1 Å². The number of aromatic nitrogens is 1. The maximum Gasteiger partial charge on any atom is 0.0704 e. The van der Waals surface area contributed by atoms with Crippen molar-refractivity contribution in [2.75, 3.05) is 13.1 Å². The van der Waals surface area contributed by atoms with Crippen LogP contribution in [0, 0.1) is 5.92 Å². The first-order valence-electron chi connectivity index (χ1n) is 6.97. The second-order valence-corrected chi connectivity index (χ2v) is 5.22. The lowest BCUT2D eigenvalue weighted by atomic mass is 9.91. The molecule has 0 radical (unpaired) electrons. The van der Waals surface area contributed by atoms with E-state index in [1.54, 1.807) is 0 Å². The minimum absolute atomic E-state index is 0.901. The summed E-state index contributed by atoms with van der Waals surface area (Å²) in [5.41, 5.74) is 2.58. The summed E-state index contributed by atoms with van der Waals surface area (Å²) in [6, 6.07) is 10.6. The minimum Gasteiger partial charge on any atom is -0.317 e. The first-order valence-corrected chi connectivity index (χ1v) is 6.97. The average Bonchev–Trinajstić information content (AvgIpc) is 2.46. The fourth-order valence-electron chi connectivity index (χ4n) is 2.90. The topological polar surface area (TPSA) is 24.9 Å². The van der Waals surface area contributed by atoms with E-state index in [0.29, 0.717) is 0 Å². The van der Waals surface area contributed by atoms with Crippen LogP contribution in [0.3, 0.4) is 0 Å². The van der Waals surface area contributed by atoms with E-state index < -0.39 is 0 Å². The Hall–Kier alpha value is -1.41. The Morgan fingerprint density at radius 2 is 1.94 bits per heavy atom. The van der Waals surface area contributed by atoms with Gasteiger partial charge in [0.25, 0.3) is 0 Å². The molecular formula is C16H20N2. The summed E-state index contributed by atoms with van der Waals surface area (Å²) >= 11 is 0. The number of para-hydroxylation sites is 1. The molecule has 3 rings (SSSR count). The number of piperidine rings is 1. The summed E-state index contributed by atoms with van der Waals surface area (Å²) in [6.45, 7) is 2.39. The SMILES string of the molecule is c1ccc2c(CCC3CCNCC3)ccnc2c1. The van der Waals surface area contributed by atoms with Gasteiger partial charge in [-0.25, -0.2) is 0 Å². The Labute approximate surface area is 108 Å². The van der Waals surface area contributed by atoms with Crippen LogP contribution in [0.1, 0.15) is 24.8 Å². The van der Waals surface area contributed by atoms with E-state index in [1.165, 1.54) is 49.7 Å². The molecular weight excluding hydrogens is 220 g/mol. The first-order chi connectivity index (χ1) is 8.93. The predicted octanol–water partition coefficient (Wildman–Crippen LogP) is 3.17. The molecule has 1 saturated heterocycles. The quantitative estimate of drug-likeness (QED) is 0.891. The van der Waals surface area contributed by atoms with Gasteiger partial charge in [0.15, 0.2) is 0 Å². The summed E-state index contributed by atoms with van der Waals surface area (Å²) in [6.07, 6.45) is 7.12. The van der Waals surface area contributed by atoms with Gasteiger partial charge in [-0.2, -0.15) is 0 Å². The summed E-state index contributed by atoms with van der Waals surface area (Å²) in [5.74, 6) is 0.901. The first kappa shape index (κ1) is 11.7. The van der Waals surface area contributed by atoms with Crippen molar-refractivity contribution < 1.29 is 0 Å². The Morgan fingerprint density at radius 3 is 2.83 bits per heavy atom. The molecule has 2 aromatic rings. The third-order valence-electron chi connectivity index (χ3n) is 4.02. The van der Waals surface area contributed by atoms with E-state index >= 15 is 0 Å². The van der Waals surface area contributed by atoms with Gasteiger partial charge in [0, 0.05) is 11.6 Å². The molecule has 0 spiro atoms. The van der Waals surface area contributed by atoms with Crippen molar-refractivity contribution in [2.45, 2.75) is 25.7 Å². The third-order valence-corrected chi connectivity index (χ3v) is 4.02. The Kier molecular flexibility index (Phi) is 3.56. The molecule has 1 N–H and O–H groups in total. The molecule has 0 saturated carbocycles. The number of pyridine rings is 1. The van der Waals surface area contributed by atoms with Crippen molar-refractivity contribution in [3.05, 3.63) is 42.1 Å². The Bertz CT molecular complexity index is 510. The monoisotopic (exact) mass is 240 g/mol. The van der Waals surface area contributed by atoms with Gasteiger partial charge in [-0.15, -0.1) is 0 Å². The van der Waals surface area contributed by atoms with Gasteiger partial charge < -0.3 is 5.32 Å². The van der Waals surface area contributed by atoms with Crippen LogP contribution in [0.2, 0.25) is 0 Å². The number of benzene rings is 1. The Morgan fingerprint density at radius 1 is 1.11 bits per heavy atom. The molecule has 0 unspecified atom stereocenters. The van der Waals surface area contributed by atoms with E-state index in [4.69, 9.17) is 0 Å². The van der Waals surface area contributed by atoms with Crippen molar-refractivity contribution in [1.29, 1.82) is 0 Å². The minimum atomic E-state index is 0.901. The van der Waals surface area contributed by atoms with Crippen LogP contribution < -0.4 is 5.32 Å². The highest BCUT2D eigenvalue weighted by molar-refractivity contribution is 5.81. The zero-order valence-electron chi connectivity index (χ0n) is 10.7. The summed E-state index contributed by atoms with van der Waals surface area (Å²) in [7, 11) is 0. The normalized spacial score (nSPS) is 17.1. The van der Waals surface area contributed by atoms with E-state index in [2.05, 4.69) is 40.6 Å². The van der Waals surface area contributed by atoms with Crippen LogP contribution in [0.15, 0.2) is 36.5 Å². The van der Waals surface area contributed by atoms with Crippen LogP contribution in [-0.2, 0) is 6.42 Å². The summed E-state index contributed by atoms with van der Waals surface area (Å²) < 4.78 is 0. The van der Waals surface area contributed by atoms with Crippen LogP contribution in [0.5, 0.6) is 0 Å². The number of nitrogens with one attached hydrogen (secondary N) is 1. The molecule has 1 aliphatic heterocycles. The average molecular weight is 240 g/mol. The van der Waals surface area contributed by atoms with E-state index in [9.17, 15) is 0 Å². The van der Waals surface area contributed by atoms with E-state index in [1.807, 2.05) is 6.20 Å². The molecule has 1 aromatic heterocycles. The van der Waals surface area contributed by atoms with Gasteiger partial charge >= 0.3 is 0 Å². The lowest BCUT2D eigenvalue weighted by molar-refractivity contribution is 0.354. The fraction of sp³-hybridized carbons (Fsp3) is 0.438. The molecule has 18 heavy (non-hydrogen) atoms. The number of hydrogen-bond acceptors (Lipinski definition) is 2. The van der Waals surface area contributed by atoms with Gasteiger partial charge in [0.1, 0.15) is 0 Å². The second-order valence-electron chi connectivity index (χ2n) is 5.22. The molecule has 1 aliphatic rings. The zero-order valence-corrected chi connectivity index (χ0v) is 10.7. The molecule has 0 aliphatic carbocycles. The zero-order chi connectivity index (χ0) is 12.2. The van der Waals surface area contributed by atoms with Gasteiger partial charge in [-0.3, -0.25) is 4.98 Å². The number of aryl methyl sites for hydroxylation is 1. The van der Waals surface area contributed by atoms with Gasteiger partial charge in [0.05, 0.1) is 5.52 Å². The molecule has 1 fully saturated rings.